The molecule has 1 radical (unpaired) electrons. The van der Waals surface area contributed by atoms with Crippen LogP contribution in [-0.4, -0.2) is 11.1 Å². The number of aromatic carboxylic acids is 1. The van der Waals surface area contributed by atoms with E-state index in [9.17, 15) is 4.79 Å². The molecule has 2 rings (SSSR count). The van der Waals surface area contributed by atoms with E-state index in [1.807, 2.05) is 0 Å². The van der Waals surface area contributed by atoms with Gasteiger partial charge in [0.1, 0.15) is 17.4 Å². The molecule has 0 amide bonds. The molecular formula is C9H5O3. The number of carbonyl (C=O) groups is 1. The van der Waals surface area contributed by atoms with Crippen LogP contribution in [0.15, 0.2) is 28.9 Å². The maximum absolute atomic E-state index is 10.6. The monoisotopic (exact) mass is 161 g/mol. The van der Waals surface area contributed by atoms with Gasteiger partial charge in [-0.3, -0.25) is 0 Å². The third-order valence-electron chi connectivity index (χ3n) is 1.65. The van der Waals surface area contributed by atoms with Gasteiger partial charge in [0.2, 0.25) is 0 Å². The Kier molecular flexibility index (Phi) is 1.37. The molecule has 0 fully saturated rings. The Morgan fingerprint density at radius 2 is 2.42 bits per heavy atom. The van der Waals surface area contributed by atoms with Gasteiger partial charge in [0.15, 0.2) is 0 Å². The summed E-state index contributed by atoms with van der Waals surface area (Å²) in [6, 6.07) is 7.74. The van der Waals surface area contributed by atoms with Crippen LogP contribution in [0, 0.1) is 6.07 Å². The average molecular weight is 161 g/mol. The molecule has 59 valence electrons. The number of furan rings is 1. The molecule has 1 N–H and O–H groups in total. The molecule has 0 aliphatic heterocycles. The highest BCUT2D eigenvalue weighted by molar-refractivity contribution is 6.01. The summed E-state index contributed by atoms with van der Waals surface area (Å²) >= 11 is 0. The lowest BCUT2D eigenvalue weighted by molar-refractivity contribution is 0.0698. The third kappa shape index (κ3) is 0.871. The zero-order valence-corrected chi connectivity index (χ0v) is 6.07. The van der Waals surface area contributed by atoms with E-state index in [0.29, 0.717) is 11.0 Å². The maximum atomic E-state index is 10.6. The van der Waals surface area contributed by atoms with Gasteiger partial charge in [-0.05, 0) is 18.2 Å². The Balaban J connectivity index is 2.79. The van der Waals surface area contributed by atoms with Crippen LogP contribution in [0.2, 0.25) is 0 Å². The van der Waals surface area contributed by atoms with Crippen LogP contribution in [0.3, 0.4) is 0 Å². The van der Waals surface area contributed by atoms with E-state index in [4.69, 9.17) is 9.52 Å². The summed E-state index contributed by atoms with van der Waals surface area (Å²) in [5, 5.41) is 9.31. The van der Waals surface area contributed by atoms with Gasteiger partial charge in [0, 0.05) is 5.39 Å². The number of carboxylic acid groups (broad SMARTS) is 1. The lowest BCUT2D eigenvalue weighted by atomic mass is 10.2. The van der Waals surface area contributed by atoms with Gasteiger partial charge < -0.3 is 9.52 Å². The van der Waals surface area contributed by atoms with Crippen LogP contribution in [0.4, 0.5) is 0 Å². The minimum absolute atomic E-state index is 0.194. The minimum Gasteiger partial charge on any atom is -0.478 e. The van der Waals surface area contributed by atoms with Gasteiger partial charge in [-0.15, -0.1) is 0 Å². The van der Waals surface area contributed by atoms with E-state index < -0.39 is 5.97 Å². The molecule has 1 aromatic heterocycles. The van der Waals surface area contributed by atoms with E-state index in [-0.39, 0.29) is 5.56 Å². The Morgan fingerprint density at radius 1 is 1.58 bits per heavy atom. The summed E-state index contributed by atoms with van der Waals surface area (Å²) < 4.78 is 5.00. The summed E-state index contributed by atoms with van der Waals surface area (Å²) in [5.74, 6) is -0.972. The van der Waals surface area contributed by atoms with E-state index in [1.165, 1.54) is 6.26 Å². The molecule has 0 saturated heterocycles. The summed E-state index contributed by atoms with van der Waals surface area (Å²) in [7, 11) is 0. The fourth-order valence-electron chi connectivity index (χ4n) is 1.09. The van der Waals surface area contributed by atoms with Crippen LogP contribution in [0.25, 0.3) is 11.0 Å². The number of hydrogen-bond donors (Lipinski definition) is 1. The third-order valence-corrected chi connectivity index (χ3v) is 1.65. The SMILES string of the molecule is O=C(O)c1coc2c[c]ccc12. The van der Waals surface area contributed by atoms with Gasteiger partial charge in [-0.2, -0.15) is 0 Å². The fraction of sp³-hybridized carbons (Fsp3) is 0. The Morgan fingerprint density at radius 3 is 3.17 bits per heavy atom. The summed E-state index contributed by atoms with van der Waals surface area (Å²) in [4.78, 5) is 10.6. The molecule has 0 saturated carbocycles. The number of benzene rings is 1. The largest absolute Gasteiger partial charge is 0.478 e. The first kappa shape index (κ1) is 6.91. The van der Waals surface area contributed by atoms with Crippen molar-refractivity contribution in [3.63, 3.8) is 0 Å². The number of hydrogen-bond acceptors (Lipinski definition) is 2. The molecule has 0 bridgehead atoms. The van der Waals surface area contributed by atoms with Crippen molar-refractivity contribution < 1.29 is 14.3 Å². The summed E-state index contributed by atoms with van der Waals surface area (Å²) in [6.45, 7) is 0. The zero-order valence-electron chi connectivity index (χ0n) is 6.07. The molecular weight excluding hydrogens is 156 g/mol. The molecule has 1 aromatic carbocycles. The molecule has 12 heavy (non-hydrogen) atoms. The van der Waals surface area contributed by atoms with Gasteiger partial charge in [0.25, 0.3) is 0 Å². The zero-order chi connectivity index (χ0) is 8.55. The Hall–Kier alpha value is -1.77. The molecule has 3 nitrogen and oxygen atoms in total. The van der Waals surface area contributed by atoms with Crippen molar-refractivity contribution in [2.75, 3.05) is 0 Å². The lowest BCUT2D eigenvalue weighted by Gasteiger charge is -1.87. The van der Waals surface area contributed by atoms with Crippen molar-refractivity contribution in [2.24, 2.45) is 0 Å². The van der Waals surface area contributed by atoms with Gasteiger partial charge >= 0.3 is 5.97 Å². The molecule has 0 atom stereocenters. The predicted octanol–water partition coefficient (Wildman–Crippen LogP) is 1.93. The predicted molar refractivity (Wildman–Crippen MR) is 42.0 cm³/mol. The number of fused-ring (bicyclic) bond motifs is 1. The van der Waals surface area contributed by atoms with E-state index in [0.717, 1.165) is 0 Å². The highest BCUT2D eigenvalue weighted by atomic mass is 16.4. The maximum Gasteiger partial charge on any atom is 0.339 e. The second-order valence-electron chi connectivity index (χ2n) is 2.38. The first-order chi connectivity index (χ1) is 5.79. The molecule has 3 heteroatoms. The van der Waals surface area contributed by atoms with Crippen LogP contribution in [0.5, 0.6) is 0 Å². The van der Waals surface area contributed by atoms with Gasteiger partial charge in [0.05, 0.1) is 0 Å². The fourth-order valence-corrected chi connectivity index (χ4v) is 1.09. The molecule has 1 heterocycles. The first-order valence-electron chi connectivity index (χ1n) is 3.39. The molecule has 2 aromatic rings. The Bertz CT molecular complexity index is 428. The van der Waals surface area contributed by atoms with E-state index in [2.05, 4.69) is 6.07 Å². The Labute approximate surface area is 68.2 Å². The number of rotatable bonds is 1. The van der Waals surface area contributed by atoms with Crippen LogP contribution < -0.4 is 0 Å². The molecule has 0 unspecified atom stereocenters. The van der Waals surface area contributed by atoms with Crippen molar-refractivity contribution in [1.82, 2.24) is 0 Å². The lowest BCUT2D eigenvalue weighted by Crippen LogP contribution is -1.92. The quantitative estimate of drug-likeness (QED) is 0.695. The van der Waals surface area contributed by atoms with Crippen molar-refractivity contribution in [3.8, 4) is 0 Å². The number of carboxylic acids is 1. The van der Waals surface area contributed by atoms with Crippen LogP contribution in [-0.2, 0) is 0 Å². The molecule has 0 spiro atoms. The second kappa shape index (κ2) is 2.37. The summed E-state index contributed by atoms with van der Waals surface area (Å²) in [5.41, 5.74) is 0.744. The second-order valence-corrected chi connectivity index (χ2v) is 2.38. The molecule has 0 aliphatic carbocycles. The van der Waals surface area contributed by atoms with E-state index in [1.54, 1.807) is 18.2 Å². The summed E-state index contributed by atoms with van der Waals surface area (Å²) in [6.07, 6.45) is 1.24. The topological polar surface area (TPSA) is 50.4 Å². The highest BCUT2D eigenvalue weighted by Crippen LogP contribution is 2.19. The van der Waals surface area contributed by atoms with Crippen LogP contribution in [0.1, 0.15) is 10.4 Å². The highest BCUT2D eigenvalue weighted by Gasteiger charge is 2.10. The van der Waals surface area contributed by atoms with Crippen molar-refractivity contribution in [3.05, 3.63) is 36.1 Å². The van der Waals surface area contributed by atoms with E-state index >= 15 is 0 Å². The van der Waals surface area contributed by atoms with Crippen molar-refractivity contribution >= 4 is 16.9 Å². The van der Waals surface area contributed by atoms with Gasteiger partial charge in [-0.25, -0.2) is 4.79 Å². The first-order valence-corrected chi connectivity index (χ1v) is 3.39. The normalized spacial score (nSPS) is 10.3. The standard InChI is InChI=1S/C9H5O3/c10-9(11)7-5-12-8-4-2-1-3-6(7)8/h1,3-5H,(H,10,11). The van der Waals surface area contributed by atoms with Crippen molar-refractivity contribution in [1.29, 1.82) is 0 Å². The van der Waals surface area contributed by atoms with Crippen molar-refractivity contribution in [2.45, 2.75) is 0 Å². The smallest absolute Gasteiger partial charge is 0.339 e. The van der Waals surface area contributed by atoms with Gasteiger partial charge in [-0.1, -0.05) is 6.07 Å². The molecule has 0 aliphatic rings. The minimum atomic E-state index is -0.972. The average Bonchev–Trinajstić information content (AvgIpc) is 2.47. The van der Waals surface area contributed by atoms with Crippen LogP contribution >= 0.6 is 0 Å².